The molecule has 0 unspecified atom stereocenters. The molecule has 23 heavy (non-hydrogen) atoms. The van der Waals surface area contributed by atoms with E-state index in [1.54, 1.807) is 13.0 Å². The molecule has 0 bridgehead atoms. The van der Waals surface area contributed by atoms with Gasteiger partial charge in [0, 0.05) is 18.4 Å². The van der Waals surface area contributed by atoms with Gasteiger partial charge >= 0.3 is 11.9 Å². The monoisotopic (exact) mass is 322 g/mol. The molecule has 0 saturated heterocycles. The van der Waals surface area contributed by atoms with Crippen molar-refractivity contribution in [3.05, 3.63) is 28.8 Å². The molecule has 0 N–H and O–H groups in total. The smallest absolute Gasteiger partial charge is 0.341 e. The van der Waals surface area contributed by atoms with Crippen molar-refractivity contribution in [2.24, 2.45) is 0 Å². The highest BCUT2D eigenvalue weighted by atomic mass is 16.5. The Labute approximate surface area is 135 Å². The molecule has 0 aliphatic rings. The molecular weight excluding hydrogens is 300 g/mol. The van der Waals surface area contributed by atoms with Crippen LogP contribution in [-0.2, 0) is 14.3 Å². The van der Waals surface area contributed by atoms with Gasteiger partial charge in [-0.2, -0.15) is 0 Å². The fourth-order valence-electron chi connectivity index (χ4n) is 2.27. The van der Waals surface area contributed by atoms with Crippen LogP contribution in [-0.4, -0.2) is 39.1 Å². The number of hydrogen-bond acceptors (Lipinski definition) is 6. The van der Waals surface area contributed by atoms with E-state index in [4.69, 9.17) is 9.47 Å². The molecule has 0 radical (unpaired) electrons. The van der Waals surface area contributed by atoms with Gasteiger partial charge in [0.15, 0.2) is 5.78 Å². The number of hydrogen-bond donors (Lipinski definition) is 0. The van der Waals surface area contributed by atoms with Gasteiger partial charge in [-0.1, -0.05) is 0 Å². The van der Waals surface area contributed by atoms with Crippen LogP contribution in [0.25, 0.3) is 0 Å². The molecule has 6 nitrogen and oxygen atoms in total. The largest absolute Gasteiger partial charge is 0.496 e. The number of Topliss-reactive ketones (excluding diaryl/α,β-unsaturated/α-hetero) is 1. The summed E-state index contributed by atoms with van der Waals surface area (Å²) < 4.78 is 14.5. The molecule has 0 fully saturated rings. The average Bonchev–Trinajstić information content (AvgIpc) is 2.56. The summed E-state index contributed by atoms with van der Waals surface area (Å²) in [7, 11) is 4.07. The third-order valence-corrected chi connectivity index (χ3v) is 3.47. The molecule has 1 aromatic rings. The van der Waals surface area contributed by atoms with Gasteiger partial charge in [-0.15, -0.1) is 0 Å². The second kappa shape index (κ2) is 8.92. The maximum atomic E-state index is 12.3. The Hall–Kier alpha value is -2.37. The number of unbranched alkanes of at least 4 members (excludes halogenated alkanes) is 1. The van der Waals surface area contributed by atoms with E-state index >= 15 is 0 Å². The molecular formula is C17H22O6. The SMILES string of the molecule is COC(=O)CCCCC(=O)c1cc(C)c(OC)c(C(=O)OC)c1. The van der Waals surface area contributed by atoms with Crippen LogP contribution < -0.4 is 4.74 Å². The lowest BCUT2D eigenvalue weighted by Crippen LogP contribution is -2.09. The first kappa shape index (κ1) is 18.7. The average molecular weight is 322 g/mol. The van der Waals surface area contributed by atoms with Crippen LogP contribution in [0.1, 0.15) is 52.0 Å². The fourth-order valence-corrected chi connectivity index (χ4v) is 2.27. The van der Waals surface area contributed by atoms with Crippen molar-refractivity contribution < 1.29 is 28.6 Å². The standard InChI is InChI=1S/C17H22O6/c1-11-9-12(10-13(16(11)22-3)17(20)23-4)14(18)7-5-6-8-15(19)21-2/h9-10H,5-8H2,1-4H3. The Bertz CT molecular complexity index is 591. The summed E-state index contributed by atoms with van der Waals surface area (Å²) in [5.74, 6) is -0.527. The second-order valence-electron chi connectivity index (χ2n) is 5.07. The van der Waals surface area contributed by atoms with Crippen LogP contribution in [0.4, 0.5) is 0 Å². The molecule has 0 aromatic heterocycles. The van der Waals surface area contributed by atoms with Crippen molar-refractivity contribution in [2.75, 3.05) is 21.3 Å². The first-order chi connectivity index (χ1) is 10.9. The van der Waals surface area contributed by atoms with Gasteiger partial charge in [0.2, 0.25) is 0 Å². The van der Waals surface area contributed by atoms with Gasteiger partial charge in [-0.3, -0.25) is 9.59 Å². The molecule has 0 aliphatic carbocycles. The molecule has 0 spiro atoms. The Balaban J connectivity index is 2.83. The fraction of sp³-hybridized carbons (Fsp3) is 0.471. The minimum absolute atomic E-state index is 0.0919. The van der Waals surface area contributed by atoms with E-state index in [2.05, 4.69) is 4.74 Å². The van der Waals surface area contributed by atoms with Crippen molar-refractivity contribution in [1.82, 2.24) is 0 Å². The highest BCUT2D eigenvalue weighted by Gasteiger charge is 2.19. The summed E-state index contributed by atoms with van der Waals surface area (Å²) in [6, 6.07) is 3.17. The minimum Gasteiger partial charge on any atom is -0.496 e. The number of carbonyl (C=O) groups excluding carboxylic acids is 3. The predicted octanol–water partition coefficient (Wildman–Crippen LogP) is 2.71. The zero-order valence-electron chi connectivity index (χ0n) is 13.9. The van der Waals surface area contributed by atoms with Crippen molar-refractivity contribution in [1.29, 1.82) is 0 Å². The summed E-state index contributed by atoms with van der Waals surface area (Å²) in [6.45, 7) is 1.76. The van der Waals surface area contributed by atoms with E-state index in [0.29, 0.717) is 42.6 Å². The predicted molar refractivity (Wildman–Crippen MR) is 83.9 cm³/mol. The number of carbonyl (C=O) groups is 3. The zero-order chi connectivity index (χ0) is 17.4. The van der Waals surface area contributed by atoms with E-state index in [0.717, 1.165) is 0 Å². The summed E-state index contributed by atoms with van der Waals surface area (Å²) in [4.78, 5) is 35.1. The number of methoxy groups -OCH3 is 3. The first-order valence-corrected chi connectivity index (χ1v) is 7.31. The summed E-state index contributed by atoms with van der Waals surface area (Å²) in [5.41, 5.74) is 1.35. The topological polar surface area (TPSA) is 78.9 Å². The minimum atomic E-state index is -0.551. The Morgan fingerprint density at radius 1 is 0.957 bits per heavy atom. The molecule has 0 amide bonds. The van der Waals surface area contributed by atoms with Crippen LogP contribution in [0.3, 0.4) is 0 Å². The van der Waals surface area contributed by atoms with Gasteiger partial charge < -0.3 is 14.2 Å². The number of benzene rings is 1. The Morgan fingerprint density at radius 3 is 2.17 bits per heavy atom. The maximum Gasteiger partial charge on any atom is 0.341 e. The van der Waals surface area contributed by atoms with Gasteiger partial charge in [-0.05, 0) is 37.5 Å². The van der Waals surface area contributed by atoms with E-state index in [9.17, 15) is 14.4 Å². The van der Waals surface area contributed by atoms with E-state index in [1.807, 2.05) is 0 Å². The first-order valence-electron chi connectivity index (χ1n) is 7.31. The molecule has 6 heteroatoms. The molecule has 126 valence electrons. The van der Waals surface area contributed by atoms with Crippen molar-refractivity contribution in [2.45, 2.75) is 32.6 Å². The maximum absolute atomic E-state index is 12.3. The number of ether oxygens (including phenoxy) is 3. The van der Waals surface area contributed by atoms with Crippen LogP contribution in [0.15, 0.2) is 12.1 Å². The van der Waals surface area contributed by atoms with Gasteiger partial charge in [0.1, 0.15) is 11.3 Å². The third kappa shape index (κ3) is 5.09. The van der Waals surface area contributed by atoms with Gasteiger partial charge in [0.05, 0.1) is 21.3 Å². The number of esters is 2. The highest BCUT2D eigenvalue weighted by Crippen LogP contribution is 2.26. The Kier molecular flexibility index (Phi) is 7.25. The Morgan fingerprint density at radius 2 is 1.61 bits per heavy atom. The number of rotatable bonds is 8. The van der Waals surface area contributed by atoms with Crippen molar-refractivity contribution >= 4 is 17.7 Å². The van der Waals surface area contributed by atoms with Crippen LogP contribution in [0, 0.1) is 6.92 Å². The zero-order valence-corrected chi connectivity index (χ0v) is 13.9. The summed E-state index contributed by atoms with van der Waals surface area (Å²) >= 11 is 0. The second-order valence-corrected chi connectivity index (χ2v) is 5.07. The lowest BCUT2D eigenvalue weighted by molar-refractivity contribution is -0.140. The van der Waals surface area contributed by atoms with E-state index < -0.39 is 5.97 Å². The molecule has 0 aliphatic heterocycles. The highest BCUT2D eigenvalue weighted by molar-refractivity contribution is 6.01. The number of aryl methyl sites for hydroxylation is 1. The number of ketones is 1. The molecule has 0 saturated carbocycles. The van der Waals surface area contributed by atoms with Crippen molar-refractivity contribution in [3.63, 3.8) is 0 Å². The summed E-state index contributed by atoms with van der Waals surface area (Å²) in [6.07, 6.45) is 1.74. The van der Waals surface area contributed by atoms with Crippen LogP contribution >= 0.6 is 0 Å². The quantitative estimate of drug-likeness (QED) is 0.416. The third-order valence-electron chi connectivity index (χ3n) is 3.47. The normalized spacial score (nSPS) is 10.1. The lowest BCUT2D eigenvalue weighted by atomic mass is 9.99. The van der Waals surface area contributed by atoms with Gasteiger partial charge in [0.25, 0.3) is 0 Å². The molecule has 1 rings (SSSR count). The van der Waals surface area contributed by atoms with Crippen LogP contribution in [0.2, 0.25) is 0 Å². The summed E-state index contributed by atoms with van der Waals surface area (Å²) in [5, 5.41) is 0. The lowest BCUT2D eigenvalue weighted by Gasteiger charge is -2.12. The van der Waals surface area contributed by atoms with Crippen molar-refractivity contribution in [3.8, 4) is 5.75 Å². The molecule has 1 aromatic carbocycles. The molecule has 0 heterocycles. The molecule has 0 atom stereocenters. The van der Waals surface area contributed by atoms with Gasteiger partial charge in [-0.25, -0.2) is 4.79 Å². The van der Waals surface area contributed by atoms with Crippen LogP contribution in [0.5, 0.6) is 5.75 Å². The van der Waals surface area contributed by atoms with E-state index in [-0.39, 0.29) is 17.3 Å². The van der Waals surface area contributed by atoms with E-state index in [1.165, 1.54) is 27.4 Å².